The zero-order valence-electron chi connectivity index (χ0n) is 12.7. The van der Waals surface area contributed by atoms with Gasteiger partial charge in [0.1, 0.15) is 5.75 Å². The van der Waals surface area contributed by atoms with Crippen molar-refractivity contribution in [3.8, 4) is 5.75 Å². The summed E-state index contributed by atoms with van der Waals surface area (Å²) in [6.07, 6.45) is 6.09. The van der Waals surface area contributed by atoms with Gasteiger partial charge in [0, 0.05) is 6.04 Å². The van der Waals surface area contributed by atoms with Crippen molar-refractivity contribution >= 4 is 0 Å². The van der Waals surface area contributed by atoms with Crippen molar-refractivity contribution in [1.82, 2.24) is 5.32 Å². The van der Waals surface area contributed by atoms with Crippen molar-refractivity contribution < 1.29 is 4.74 Å². The molecule has 0 aliphatic rings. The van der Waals surface area contributed by atoms with Crippen LogP contribution in [0.2, 0.25) is 0 Å². The lowest BCUT2D eigenvalue weighted by atomic mass is 10.1. The van der Waals surface area contributed by atoms with Crippen LogP contribution in [0.25, 0.3) is 0 Å². The predicted molar refractivity (Wildman–Crippen MR) is 82.9 cm³/mol. The average Bonchev–Trinajstić information content (AvgIpc) is 2.41. The van der Waals surface area contributed by atoms with Crippen LogP contribution in [-0.4, -0.2) is 19.2 Å². The van der Waals surface area contributed by atoms with E-state index in [1.54, 1.807) is 0 Å². The van der Waals surface area contributed by atoms with Crippen LogP contribution < -0.4 is 10.1 Å². The fraction of sp³-hybridized carbons (Fsp3) is 0.647. The van der Waals surface area contributed by atoms with Crippen molar-refractivity contribution in [3.05, 3.63) is 29.8 Å². The lowest BCUT2D eigenvalue weighted by molar-refractivity contribution is 0.305. The highest BCUT2D eigenvalue weighted by molar-refractivity contribution is 5.27. The highest BCUT2D eigenvalue weighted by atomic mass is 16.5. The second-order valence-electron chi connectivity index (χ2n) is 5.22. The standard InChI is InChI=1S/C17H29NO/c1-4-6-7-8-13-19-17-11-9-16(10-12-17)14-15(3)18-5-2/h9-12,15,18H,4-8,13-14H2,1-3H3. The molecular formula is C17H29NO. The van der Waals surface area contributed by atoms with Gasteiger partial charge in [-0.3, -0.25) is 0 Å². The molecule has 0 aromatic heterocycles. The summed E-state index contributed by atoms with van der Waals surface area (Å²) in [4.78, 5) is 0. The van der Waals surface area contributed by atoms with E-state index in [2.05, 4.69) is 50.4 Å². The zero-order chi connectivity index (χ0) is 13.9. The van der Waals surface area contributed by atoms with E-state index in [0.29, 0.717) is 6.04 Å². The molecule has 2 heteroatoms. The van der Waals surface area contributed by atoms with E-state index in [-0.39, 0.29) is 0 Å². The molecular weight excluding hydrogens is 234 g/mol. The molecule has 0 heterocycles. The van der Waals surface area contributed by atoms with E-state index in [1.165, 1.54) is 24.8 Å². The van der Waals surface area contributed by atoms with Gasteiger partial charge in [-0.15, -0.1) is 0 Å². The summed E-state index contributed by atoms with van der Waals surface area (Å²) in [6.45, 7) is 8.47. The Morgan fingerprint density at radius 1 is 1.05 bits per heavy atom. The molecule has 1 N–H and O–H groups in total. The smallest absolute Gasteiger partial charge is 0.119 e. The third-order valence-corrected chi connectivity index (χ3v) is 3.28. The lowest BCUT2D eigenvalue weighted by Gasteiger charge is -2.12. The molecule has 0 amide bonds. The molecule has 1 aromatic carbocycles. The molecule has 1 rings (SSSR count). The Morgan fingerprint density at radius 2 is 1.79 bits per heavy atom. The molecule has 0 radical (unpaired) electrons. The fourth-order valence-corrected chi connectivity index (χ4v) is 2.21. The third-order valence-electron chi connectivity index (χ3n) is 3.28. The molecule has 2 nitrogen and oxygen atoms in total. The zero-order valence-corrected chi connectivity index (χ0v) is 12.7. The predicted octanol–water partition coefficient (Wildman–Crippen LogP) is 4.19. The van der Waals surface area contributed by atoms with Crippen LogP contribution in [0.4, 0.5) is 0 Å². The van der Waals surface area contributed by atoms with Crippen molar-refractivity contribution in [1.29, 1.82) is 0 Å². The van der Waals surface area contributed by atoms with Crippen molar-refractivity contribution in [3.63, 3.8) is 0 Å². The monoisotopic (exact) mass is 263 g/mol. The summed E-state index contributed by atoms with van der Waals surface area (Å²) < 4.78 is 5.74. The number of unbranched alkanes of at least 4 members (excludes halogenated alkanes) is 3. The maximum absolute atomic E-state index is 5.74. The number of hydrogen-bond donors (Lipinski definition) is 1. The molecule has 1 unspecified atom stereocenters. The number of benzene rings is 1. The third kappa shape index (κ3) is 7.22. The van der Waals surface area contributed by atoms with E-state index in [9.17, 15) is 0 Å². The molecule has 0 spiro atoms. The minimum atomic E-state index is 0.533. The van der Waals surface area contributed by atoms with Crippen molar-refractivity contribution in [2.45, 2.75) is 58.9 Å². The van der Waals surface area contributed by atoms with Gasteiger partial charge >= 0.3 is 0 Å². The molecule has 0 aliphatic heterocycles. The van der Waals surface area contributed by atoms with Gasteiger partial charge in [0.05, 0.1) is 6.61 Å². The first kappa shape index (κ1) is 16.0. The Hall–Kier alpha value is -1.02. The number of nitrogens with one attached hydrogen (secondary N) is 1. The van der Waals surface area contributed by atoms with Crippen molar-refractivity contribution in [2.24, 2.45) is 0 Å². The van der Waals surface area contributed by atoms with Gasteiger partial charge in [0.25, 0.3) is 0 Å². The SMILES string of the molecule is CCCCCCOc1ccc(CC(C)NCC)cc1. The Bertz CT molecular complexity index is 321. The van der Waals surface area contributed by atoms with Gasteiger partial charge in [-0.2, -0.15) is 0 Å². The summed E-state index contributed by atoms with van der Waals surface area (Å²) in [5.74, 6) is 0.997. The second-order valence-corrected chi connectivity index (χ2v) is 5.22. The van der Waals surface area contributed by atoms with Crippen LogP contribution in [0.5, 0.6) is 5.75 Å². The van der Waals surface area contributed by atoms with Crippen LogP contribution in [-0.2, 0) is 6.42 Å². The summed E-state index contributed by atoms with van der Waals surface area (Å²) in [7, 11) is 0. The molecule has 0 saturated carbocycles. The van der Waals surface area contributed by atoms with Crippen LogP contribution in [0.3, 0.4) is 0 Å². The van der Waals surface area contributed by atoms with Gasteiger partial charge in [-0.1, -0.05) is 45.2 Å². The Balaban J connectivity index is 2.27. The van der Waals surface area contributed by atoms with Crippen molar-refractivity contribution in [2.75, 3.05) is 13.2 Å². The Morgan fingerprint density at radius 3 is 2.42 bits per heavy atom. The number of hydrogen-bond acceptors (Lipinski definition) is 2. The molecule has 108 valence electrons. The first-order chi connectivity index (χ1) is 9.26. The maximum atomic E-state index is 5.74. The topological polar surface area (TPSA) is 21.3 Å². The minimum absolute atomic E-state index is 0.533. The fourth-order valence-electron chi connectivity index (χ4n) is 2.21. The summed E-state index contributed by atoms with van der Waals surface area (Å²) in [5, 5.41) is 3.43. The molecule has 0 aliphatic carbocycles. The second kappa shape index (κ2) is 9.85. The van der Waals surface area contributed by atoms with E-state index in [0.717, 1.165) is 31.7 Å². The number of rotatable bonds is 10. The first-order valence-electron chi connectivity index (χ1n) is 7.71. The normalized spacial score (nSPS) is 12.4. The van der Waals surface area contributed by atoms with E-state index < -0.39 is 0 Å². The highest BCUT2D eigenvalue weighted by Gasteiger charge is 2.02. The summed E-state index contributed by atoms with van der Waals surface area (Å²) >= 11 is 0. The molecule has 1 aromatic rings. The Kier molecular flexibility index (Phi) is 8.31. The number of likely N-dealkylation sites (N-methyl/N-ethyl adjacent to an activating group) is 1. The Labute approximate surface area is 118 Å². The molecule has 19 heavy (non-hydrogen) atoms. The van der Waals surface area contributed by atoms with Crippen LogP contribution in [0, 0.1) is 0 Å². The maximum Gasteiger partial charge on any atom is 0.119 e. The highest BCUT2D eigenvalue weighted by Crippen LogP contribution is 2.14. The summed E-state index contributed by atoms with van der Waals surface area (Å²) in [5.41, 5.74) is 1.37. The van der Waals surface area contributed by atoms with Crippen LogP contribution >= 0.6 is 0 Å². The average molecular weight is 263 g/mol. The van der Waals surface area contributed by atoms with Gasteiger partial charge in [-0.25, -0.2) is 0 Å². The van der Waals surface area contributed by atoms with Crippen LogP contribution in [0.15, 0.2) is 24.3 Å². The quantitative estimate of drug-likeness (QED) is 0.639. The van der Waals surface area contributed by atoms with E-state index >= 15 is 0 Å². The molecule has 0 bridgehead atoms. The lowest BCUT2D eigenvalue weighted by Crippen LogP contribution is -2.27. The van der Waals surface area contributed by atoms with Crippen LogP contribution in [0.1, 0.15) is 52.0 Å². The molecule has 0 fully saturated rings. The van der Waals surface area contributed by atoms with Gasteiger partial charge in [-0.05, 0) is 44.0 Å². The number of ether oxygens (including phenoxy) is 1. The van der Waals surface area contributed by atoms with E-state index in [1.807, 2.05) is 0 Å². The first-order valence-corrected chi connectivity index (χ1v) is 7.71. The van der Waals surface area contributed by atoms with Gasteiger partial charge in [0.2, 0.25) is 0 Å². The van der Waals surface area contributed by atoms with Gasteiger partial charge < -0.3 is 10.1 Å². The largest absolute Gasteiger partial charge is 0.494 e. The van der Waals surface area contributed by atoms with E-state index in [4.69, 9.17) is 4.74 Å². The molecule has 1 atom stereocenters. The summed E-state index contributed by atoms with van der Waals surface area (Å²) in [6, 6.07) is 9.07. The molecule has 0 saturated heterocycles. The van der Waals surface area contributed by atoms with Gasteiger partial charge in [0.15, 0.2) is 0 Å². The minimum Gasteiger partial charge on any atom is -0.494 e.